The van der Waals surface area contributed by atoms with Gasteiger partial charge in [-0.15, -0.1) is 0 Å². The van der Waals surface area contributed by atoms with Gasteiger partial charge in [0.25, 0.3) is 5.56 Å². The lowest BCUT2D eigenvalue weighted by Crippen LogP contribution is -2.24. The monoisotopic (exact) mass is 398 g/mol. The van der Waals surface area contributed by atoms with E-state index in [1.807, 2.05) is 30.3 Å². The molecular weight excluding hydrogens is 380 g/mol. The Balaban J connectivity index is 1.55. The molecule has 8 nitrogen and oxygen atoms in total. The molecule has 0 fully saturated rings. The molecule has 0 amide bonds. The fourth-order valence-corrected chi connectivity index (χ4v) is 2.92. The molecule has 0 saturated carbocycles. The summed E-state index contributed by atoms with van der Waals surface area (Å²) in [4.78, 5) is 41.8. The smallest absolute Gasteiger partial charge is 0.255 e. The predicted molar refractivity (Wildman–Crippen MR) is 113 cm³/mol. The van der Waals surface area contributed by atoms with Crippen molar-refractivity contribution in [3.8, 4) is 22.6 Å². The highest BCUT2D eigenvalue weighted by molar-refractivity contribution is 5.99. The summed E-state index contributed by atoms with van der Waals surface area (Å²) in [6, 6.07) is 16.0. The molecule has 0 unspecified atom stereocenters. The number of hydrogen-bond acceptors (Lipinski definition) is 7. The first-order chi connectivity index (χ1) is 14.6. The molecule has 0 atom stereocenters. The summed E-state index contributed by atoms with van der Waals surface area (Å²) in [5.74, 6) is 0.153. The highest BCUT2D eigenvalue weighted by atomic mass is 16.1. The zero-order valence-corrected chi connectivity index (χ0v) is 16.2. The second kappa shape index (κ2) is 8.44. The van der Waals surface area contributed by atoms with E-state index in [0.29, 0.717) is 17.0 Å². The molecule has 1 N–H and O–H groups in total. The van der Waals surface area contributed by atoms with Gasteiger partial charge >= 0.3 is 0 Å². The van der Waals surface area contributed by atoms with Crippen molar-refractivity contribution in [3.63, 3.8) is 0 Å². The molecule has 0 spiro atoms. The van der Waals surface area contributed by atoms with Crippen LogP contribution in [0.15, 0.2) is 78.1 Å². The highest BCUT2D eigenvalue weighted by Gasteiger charge is 2.12. The van der Waals surface area contributed by atoms with Crippen molar-refractivity contribution in [2.75, 3.05) is 11.9 Å². The van der Waals surface area contributed by atoms with Crippen LogP contribution in [0.5, 0.6) is 0 Å². The van der Waals surface area contributed by atoms with Crippen LogP contribution in [0.2, 0.25) is 0 Å². The quantitative estimate of drug-likeness (QED) is 0.498. The summed E-state index contributed by atoms with van der Waals surface area (Å²) < 4.78 is 1.35. The SMILES string of the molecule is Cn1c(NCC(=O)c2cccc(-c3ccccn3)c2)nc(-c2ccncn2)cc1=O. The van der Waals surface area contributed by atoms with Gasteiger partial charge in [0, 0.05) is 36.6 Å². The Bertz CT molecular complexity index is 1240. The Hall–Kier alpha value is -4.20. The Morgan fingerprint density at radius 2 is 1.87 bits per heavy atom. The van der Waals surface area contributed by atoms with Gasteiger partial charge in [-0.25, -0.2) is 15.0 Å². The molecule has 0 aliphatic rings. The maximum atomic E-state index is 12.7. The van der Waals surface area contributed by atoms with Crippen molar-refractivity contribution >= 4 is 11.7 Å². The van der Waals surface area contributed by atoms with Crippen LogP contribution in [0, 0.1) is 0 Å². The predicted octanol–water partition coefficient (Wildman–Crippen LogP) is 2.59. The van der Waals surface area contributed by atoms with E-state index in [1.165, 1.54) is 17.0 Å². The van der Waals surface area contributed by atoms with Gasteiger partial charge in [-0.2, -0.15) is 0 Å². The van der Waals surface area contributed by atoms with Crippen molar-refractivity contribution in [2.45, 2.75) is 0 Å². The summed E-state index contributed by atoms with van der Waals surface area (Å²) in [6.07, 6.45) is 4.68. The van der Waals surface area contributed by atoms with Crippen LogP contribution in [0.25, 0.3) is 22.6 Å². The van der Waals surface area contributed by atoms with Crippen LogP contribution in [-0.2, 0) is 7.05 Å². The van der Waals surface area contributed by atoms with E-state index in [2.05, 4.69) is 25.3 Å². The average Bonchev–Trinajstić information content (AvgIpc) is 2.81. The summed E-state index contributed by atoms with van der Waals surface area (Å²) in [5.41, 5.74) is 2.88. The van der Waals surface area contributed by atoms with E-state index in [1.54, 1.807) is 37.6 Å². The molecule has 0 aliphatic heterocycles. The number of nitrogens with one attached hydrogen (secondary N) is 1. The Morgan fingerprint density at radius 1 is 0.967 bits per heavy atom. The third-order valence-electron chi connectivity index (χ3n) is 4.53. The Kier molecular flexibility index (Phi) is 5.38. The summed E-state index contributed by atoms with van der Waals surface area (Å²) in [5, 5.41) is 2.96. The number of carbonyl (C=O) groups is 1. The third kappa shape index (κ3) is 4.12. The second-order valence-electron chi connectivity index (χ2n) is 6.53. The number of carbonyl (C=O) groups excluding carboxylic acids is 1. The largest absolute Gasteiger partial charge is 0.348 e. The van der Waals surface area contributed by atoms with Crippen LogP contribution in [0.4, 0.5) is 5.95 Å². The molecule has 148 valence electrons. The molecule has 30 heavy (non-hydrogen) atoms. The fraction of sp³-hybridized carbons (Fsp3) is 0.0909. The molecule has 0 bridgehead atoms. The molecule has 3 aromatic heterocycles. The first kappa shape index (κ1) is 19.1. The number of aromatic nitrogens is 5. The Morgan fingerprint density at radius 3 is 2.63 bits per heavy atom. The topological polar surface area (TPSA) is 103 Å². The van der Waals surface area contributed by atoms with Crippen LogP contribution >= 0.6 is 0 Å². The Labute approximate surface area is 172 Å². The van der Waals surface area contributed by atoms with Gasteiger partial charge in [0.1, 0.15) is 6.33 Å². The van der Waals surface area contributed by atoms with Crippen molar-refractivity contribution in [1.29, 1.82) is 0 Å². The molecule has 3 heterocycles. The minimum Gasteiger partial charge on any atom is -0.348 e. The van der Waals surface area contributed by atoms with E-state index in [0.717, 1.165) is 11.3 Å². The number of hydrogen-bond donors (Lipinski definition) is 1. The average molecular weight is 398 g/mol. The molecule has 1 aromatic carbocycles. The van der Waals surface area contributed by atoms with Crippen molar-refractivity contribution in [2.24, 2.45) is 7.05 Å². The van der Waals surface area contributed by atoms with Crippen molar-refractivity contribution in [3.05, 3.63) is 89.2 Å². The highest BCUT2D eigenvalue weighted by Crippen LogP contribution is 2.18. The fourth-order valence-electron chi connectivity index (χ4n) is 2.92. The molecule has 4 aromatic rings. The maximum absolute atomic E-state index is 12.7. The lowest BCUT2D eigenvalue weighted by atomic mass is 10.0. The van der Waals surface area contributed by atoms with Crippen LogP contribution in [0.3, 0.4) is 0 Å². The van der Waals surface area contributed by atoms with Gasteiger partial charge < -0.3 is 5.32 Å². The number of Topliss-reactive ketones (excluding diaryl/α,β-unsaturated/α-hetero) is 1. The number of ketones is 1. The first-order valence-corrected chi connectivity index (χ1v) is 9.25. The molecule has 8 heteroatoms. The molecule has 0 radical (unpaired) electrons. The number of benzene rings is 1. The molecule has 4 rings (SSSR count). The van der Waals surface area contributed by atoms with E-state index < -0.39 is 0 Å². The van der Waals surface area contributed by atoms with E-state index >= 15 is 0 Å². The second-order valence-corrected chi connectivity index (χ2v) is 6.53. The third-order valence-corrected chi connectivity index (χ3v) is 4.53. The number of nitrogens with zero attached hydrogens (tertiary/aromatic N) is 5. The van der Waals surface area contributed by atoms with Crippen molar-refractivity contribution in [1.82, 2.24) is 24.5 Å². The van der Waals surface area contributed by atoms with Crippen molar-refractivity contribution < 1.29 is 4.79 Å². The van der Waals surface area contributed by atoms with Crippen LogP contribution in [0.1, 0.15) is 10.4 Å². The van der Waals surface area contributed by atoms with Gasteiger partial charge in [0.2, 0.25) is 5.95 Å². The van der Waals surface area contributed by atoms with Gasteiger partial charge in [0.15, 0.2) is 5.78 Å². The zero-order chi connectivity index (χ0) is 20.9. The first-order valence-electron chi connectivity index (χ1n) is 9.25. The minimum absolute atomic E-state index is 0.0147. The number of anilines is 1. The number of rotatable bonds is 6. The van der Waals surface area contributed by atoms with E-state index in [9.17, 15) is 9.59 Å². The van der Waals surface area contributed by atoms with Gasteiger partial charge in [0.05, 0.1) is 23.6 Å². The molecule has 0 saturated heterocycles. The molecular formula is C22H18N6O2. The van der Waals surface area contributed by atoms with Gasteiger partial charge in [-0.05, 0) is 24.3 Å². The van der Waals surface area contributed by atoms with Gasteiger partial charge in [-0.1, -0.05) is 24.3 Å². The van der Waals surface area contributed by atoms with E-state index in [4.69, 9.17) is 0 Å². The summed E-state index contributed by atoms with van der Waals surface area (Å²) >= 11 is 0. The molecule has 0 aliphatic carbocycles. The maximum Gasteiger partial charge on any atom is 0.255 e. The van der Waals surface area contributed by atoms with E-state index in [-0.39, 0.29) is 23.8 Å². The van der Waals surface area contributed by atoms with Crippen LogP contribution in [-0.4, -0.2) is 36.8 Å². The normalized spacial score (nSPS) is 10.6. The zero-order valence-electron chi connectivity index (χ0n) is 16.2. The number of pyridine rings is 1. The summed E-state index contributed by atoms with van der Waals surface area (Å²) in [7, 11) is 1.59. The lowest BCUT2D eigenvalue weighted by Gasteiger charge is -2.11. The van der Waals surface area contributed by atoms with Gasteiger partial charge in [-0.3, -0.25) is 19.1 Å². The summed E-state index contributed by atoms with van der Waals surface area (Å²) in [6.45, 7) is -0.0147. The standard InChI is InChI=1S/C22H18N6O2/c1-28-21(30)12-19(18-8-10-23-14-26-18)27-22(28)25-13-20(29)16-6-4-5-15(11-16)17-7-2-3-9-24-17/h2-12,14H,13H2,1H3,(H,25,27). The van der Waals surface area contributed by atoms with Crippen LogP contribution < -0.4 is 10.9 Å². The lowest BCUT2D eigenvalue weighted by molar-refractivity contribution is 0.101. The minimum atomic E-state index is -0.259.